The van der Waals surface area contributed by atoms with Crippen LogP contribution in [0.4, 0.5) is 5.69 Å². The quantitative estimate of drug-likeness (QED) is 0.691. The lowest BCUT2D eigenvalue weighted by molar-refractivity contribution is -0.135. The topological polar surface area (TPSA) is 58.4 Å². The number of nitrogens with zero attached hydrogens (tertiary/aromatic N) is 4. The maximum absolute atomic E-state index is 13.2. The van der Waals surface area contributed by atoms with Gasteiger partial charge in [-0.05, 0) is 24.6 Å². The van der Waals surface area contributed by atoms with Gasteiger partial charge in [0.2, 0.25) is 5.91 Å². The standard InChI is InChI=1S/C23H30N4O2S/c1-16-6-5-7-18(12-16)25-8-10-26(11-9-25)21(29)17-14-27-20(28)13-19(23(2,3)4)24-22(27)30-15-17/h5-7,12-13,17H,8-11,14-15H2,1-4H3. The second-order valence-electron chi connectivity index (χ2n) is 9.28. The first-order chi connectivity index (χ1) is 14.2. The maximum atomic E-state index is 13.2. The molecule has 0 radical (unpaired) electrons. The number of piperazine rings is 1. The van der Waals surface area contributed by atoms with Crippen molar-refractivity contribution < 1.29 is 4.79 Å². The first kappa shape index (κ1) is 21.0. The van der Waals surface area contributed by atoms with Gasteiger partial charge in [-0.3, -0.25) is 14.2 Å². The Balaban J connectivity index is 1.42. The first-order valence-electron chi connectivity index (χ1n) is 10.6. The second-order valence-corrected chi connectivity index (χ2v) is 10.3. The van der Waals surface area contributed by atoms with Crippen LogP contribution in [0, 0.1) is 12.8 Å². The van der Waals surface area contributed by atoms with Gasteiger partial charge in [-0.2, -0.15) is 0 Å². The zero-order valence-corrected chi connectivity index (χ0v) is 19.0. The molecule has 1 amide bonds. The fraction of sp³-hybridized carbons (Fsp3) is 0.522. The van der Waals surface area contributed by atoms with Crippen LogP contribution in [-0.4, -0.2) is 52.3 Å². The zero-order chi connectivity index (χ0) is 21.5. The van der Waals surface area contributed by atoms with Gasteiger partial charge in [0.25, 0.3) is 5.56 Å². The van der Waals surface area contributed by atoms with Crippen LogP contribution in [0.25, 0.3) is 0 Å². The van der Waals surface area contributed by atoms with E-state index in [1.807, 2.05) is 4.90 Å². The molecule has 1 atom stereocenters. The van der Waals surface area contributed by atoms with E-state index in [1.54, 1.807) is 10.6 Å². The van der Waals surface area contributed by atoms with Crippen molar-refractivity contribution in [3.8, 4) is 0 Å². The van der Waals surface area contributed by atoms with Crippen LogP contribution in [0.3, 0.4) is 0 Å². The van der Waals surface area contributed by atoms with E-state index in [1.165, 1.54) is 23.0 Å². The summed E-state index contributed by atoms with van der Waals surface area (Å²) in [7, 11) is 0. The molecule has 7 heteroatoms. The van der Waals surface area contributed by atoms with Crippen LogP contribution in [0.5, 0.6) is 0 Å². The molecule has 2 aromatic rings. The number of carbonyl (C=O) groups excluding carboxylic acids is 1. The van der Waals surface area contributed by atoms with Crippen LogP contribution in [0.1, 0.15) is 32.0 Å². The number of thioether (sulfide) groups is 1. The summed E-state index contributed by atoms with van der Waals surface area (Å²) in [5.41, 5.74) is 3.05. The van der Waals surface area contributed by atoms with Gasteiger partial charge in [0, 0.05) is 55.6 Å². The summed E-state index contributed by atoms with van der Waals surface area (Å²) in [6, 6.07) is 10.1. The molecular weight excluding hydrogens is 396 g/mol. The minimum Gasteiger partial charge on any atom is -0.368 e. The molecule has 1 unspecified atom stereocenters. The van der Waals surface area contributed by atoms with Gasteiger partial charge < -0.3 is 9.80 Å². The molecule has 1 aromatic heterocycles. The highest BCUT2D eigenvalue weighted by molar-refractivity contribution is 7.99. The van der Waals surface area contributed by atoms with Crippen LogP contribution >= 0.6 is 11.8 Å². The Morgan fingerprint density at radius 1 is 1.13 bits per heavy atom. The number of anilines is 1. The average molecular weight is 427 g/mol. The smallest absolute Gasteiger partial charge is 0.254 e. The lowest BCUT2D eigenvalue weighted by atomic mass is 9.92. The number of rotatable bonds is 2. The normalized spacial score (nSPS) is 19.5. The Labute approximate surface area is 182 Å². The highest BCUT2D eigenvalue weighted by Crippen LogP contribution is 2.29. The fourth-order valence-electron chi connectivity index (χ4n) is 4.01. The molecule has 0 N–H and O–H groups in total. The lowest BCUT2D eigenvalue weighted by Crippen LogP contribution is -2.52. The minimum absolute atomic E-state index is 0.0563. The van der Waals surface area contributed by atoms with Crippen LogP contribution in [0.15, 0.2) is 40.3 Å². The van der Waals surface area contributed by atoms with E-state index in [0.29, 0.717) is 12.3 Å². The van der Waals surface area contributed by atoms with Gasteiger partial charge in [0.05, 0.1) is 11.6 Å². The van der Waals surface area contributed by atoms with Crippen molar-refractivity contribution in [2.75, 3.05) is 36.8 Å². The van der Waals surface area contributed by atoms with Gasteiger partial charge in [-0.1, -0.05) is 44.7 Å². The van der Waals surface area contributed by atoms with Crippen molar-refractivity contribution in [3.05, 3.63) is 51.9 Å². The van der Waals surface area contributed by atoms with Crippen molar-refractivity contribution >= 4 is 23.4 Å². The van der Waals surface area contributed by atoms with Crippen molar-refractivity contribution in [2.45, 2.75) is 44.8 Å². The Morgan fingerprint density at radius 3 is 2.53 bits per heavy atom. The van der Waals surface area contributed by atoms with E-state index in [4.69, 9.17) is 4.98 Å². The van der Waals surface area contributed by atoms with Gasteiger partial charge in [-0.25, -0.2) is 4.98 Å². The van der Waals surface area contributed by atoms with E-state index in [9.17, 15) is 9.59 Å². The van der Waals surface area contributed by atoms with Crippen molar-refractivity contribution in [3.63, 3.8) is 0 Å². The van der Waals surface area contributed by atoms with Gasteiger partial charge >= 0.3 is 0 Å². The highest BCUT2D eigenvalue weighted by Gasteiger charge is 2.32. The Bertz CT molecular complexity index is 1000. The molecule has 0 spiro atoms. The number of carbonyl (C=O) groups is 1. The molecule has 160 valence electrons. The number of aryl methyl sites for hydroxylation is 1. The number of hydrogen-bond donors (Lipinski definition) is 0. The Hall–Kier alpha value is -2.28. The number of aromatic nitrogens is 2. The van der Waals surface area contributed by atoms with Gasteiger partial charge in [-0.15, -0.1) is 0 Å². The lowest BCUT2D eigenvalue weighted by Gasteiger charge is -2.38. The molecule has 6 nitrogen and oxygen atoms in total. The van der Waals surface area contributed by atoms with Gasteiger partial charge in [0.1, 0.15) is 0 Å². The average Bonchev–Trinajstić information content (AvgIpc) is 2.72. The maximum Gasteiger partial charge on any atom is 0.254 e. The zero-order valence-electron chi connectivity index (χ0n) is 18.2. The summed E-state index contributed by atoms with van der Waals surface area (Å²) in [5.74, 6) is 0.661. The number of hydrogen-bond acceptors (Lipinski definition) is 5. The van der Waals surface area contributed by atoms with E-state index >= 15 is 0 Å². The van der Waals surface area contributed by atoms with Crippen molar-refractivity contribution in [2.24, 2.45) is 5.92 Å². The molecule has 0 saturated carbocycles. The van der Waals surface area contributed by atoms with E-state index < -0.39 is 0 Å². The number of fused-ring (bicyclic) bond motifs is 1. The van der Waals surface area contributed by atoms with Crippen molar-refractivity contribution in [1.82, 2.24) is 14.5 Å². The molecule has 2 aliphatic heterocycles. The number of benzene rings is 1. The highest BCUT2D eigenvalue weighted by atomic mass is 32.2. The predicted molar refractivity (Wildman–Crippen MR) is 121 cm³/mol. The molecule has 30 heavy (non-hydrogen) atoms. The summed E-state index contributed by atoms with van der Waals surface area (Å²) < 4.78 is 1.68. The third kappa shape index (κ3) is 4.26. The van der Waals surface area contributed by atoms with Gasteiger partial charge in [0.15, 0.2) is 5.16 Å². The molecule has 2 aliphatic rings. The first-order valence-corrected chi connectivity index (χ1v) is 11.6. The summed E-state index contributed by atoms with van der Waals surface area (Å²) >= 11 is 1.53. The van der Waals surface area contributed by atoms with Crippen LogP contribution < -0.4 is 10.5 Å². The second kappa shape index (κ2) is 8.10. The monoisotopic (exact) mass is 426 g/mol. The molecule has 0 bridgehead atoms. The molecule has 0 aliphatic carbocycles. The third-order valence-corrected chi connectivity index (χ3v) is 7.00. The van der Waals surface area contributed by atoms with Crippen LogP contribution in [-0.2, 0) is 16.8 Å². The SMILES string of the molecule is Cc1cccc(N2CCN(C(=O)C3CSc4nc(C(C)(C)C)cc(=O)n4C3)CC2)c1. The summed E-state index contributed by atoms with van der Waals surface area (Å²) in [5, 5.41) is 0.737. The molecule has 1 aromatic carbocycles. The van der Waals surface area contributed by atoms with E-state index in [-0.39, 0.29) is 22.8 Å². The Kier molecular flexibility index (Phi) is 5.66. The summed E-state index contributed by atoms with van der Waals surface area (Å²) in [6.07, 6.45) is 0. The molecule has 4 rings (SSSR count). The Morgan fingerprint density at radius 2 is 1.87 bits per heavy atom. The predicted octanol–water partition coefficient (Wildman–Crippen LogP) is 2.92. The molecule has 1 fully saturated rings. The molecular formula is C23H30N4O2S. The van der Waals surface area contributed by atoms with E-state index in [2.05, 4.69) is 56.9 Å². The summed E-state index contributed by atoms with van der Waals surface area (Å²) in [6.45, 7) is 11.8. The third-order valence-electron chi connectivity index (χ3n) is 5.87. The molecule has 3 heterocycles. The largest absolute Gasteiger partial charge is 0.368 e. The van der Waals surface area contributed by atoms with E-state index in [0.717, 1.165) is 37.0 Å². The molecule has 1 saturated heterocycles. The minimum atomic E-state index is -0.173. The number of amides is 1. The summed E-state index contributed by atoms with van der Waals surface area (Å²) in [4.78, 5) is 34.8. The fourth-order valence-corrected chi connectivity index (χ4v) is 5.09. The van der Waals surface area contributed by atoms with Crippen molar-refractivity contribution in [1.29, 1.82) is 0 Å². The van der Waals surface area contributed by atoms with Crippen LogP contribution in [0.2, 0.25) is 0 Å².